The molecule has 6 heteroatoms. The van der Waals surface area contributed by atoms with Gasteiger partial charge < -0.3 is 19.5 Å². The first-order valence-corrected chi connectivity index (χ1v) is 10.1. The van der Waals surface area contributed by atoms with Crippen LogP contribution in [0.15, 0.2) is 54.1 Å². The van der Waals surface area contributed by atoms with E-state index in [4.69, 9.17) is 9.47 Å². The van der Waals surface area contributed by atoms with E-state index in [-0.39, 0.29) is 17.4 Å². The fourth-order valence-electron chi connectivity index (χ4n) is 3.63. The average molecular weight is 409 g/mol. The number of hydrogen-bond donors (Lipinski definition) is 1. The predicted octanol–water partition coefficient (Wildman–Crippen LogP) is 4.31. The van der Waals surface area contributed by atoms with Crippen LogP contribution in [0.25, 0.3) is 5.76 Å². The van der Waals surface area contributed by atoms with Gasteiger partial charge in [-0.3, -0.25) is 9.59 Å². The van der Waals surface area contributed by atoms with Crippen LogP contribution < -0.4 is 9.47 Å². The molecule has 1 heterocycles. The zero-order valence-electron chi connectivity index (χ0n) is 17.7. The van der Waals surface area contributed by atoms with Crippen molar-refractivity contribution in [1.29, 1.82) is 0 Å². The molecule has 0 saturated carbocycles. The highest BCUT2D eigenvalue weighted by molar-refractivity contribution is 6.46. The normalized spacial score (nSPS) is 18.2. The van der Waals surface area contributed by atoms with Crippen LogP contribution in [0.2, 0.25) is 0 Å². The van der Waals surface area contributed by atoms with Crippen LogP contribution in [0.3, 0.4) is 0 Å². The molecular formula is C24H27NO5. The molecular weight excluding hydrogens is 382 g/mol. The van der Waals surface area contributed by atoms with Crippen molar-refractivity contribution in [2.75, 3.05) is 13.7 Å². The van der Waals surface area contributed by atoms with E-state index in [1.54, 1.807) is 49.6 Å². The minimum atomic E-state index is -0.684. The fraction of sp³-hybridized carbons (Fsp3) is 0.333. The van der Waals surface area contributed by atoms with Gasteiger partial charge in [0.25, 0.3) is 11.7 Å². The van der Waals surface area contributed by atoms with E-state index in [0.717, 1.165) is 0 Å². The molecule has 0 spiro atoms. The zero-order chi connectivity index (χ0) is 21.8. The van der Waals surface area contributed by atoms with Crippen LogP contribution in [0.5, 0.6) is 11.5 Å². The van der Waals surface area contributed by atoms with Crippen LogP contribution >= 0.6 is 0 Å². The van der Waals surface area contributed by atoms with Crippen LogP contribution in [-0.4, -0.2) is 41.5 Å². The summed E-state index contributed by atoms with van der Waals surface area (Å²) in [6.45, 7) is 6.20. The topological polar surface area (TPSA) is 76.1 Å². The maximum absolute atomic E-state index is 12.9. The van der Waals surface area contributed by atoms with Gasteiger partial charge in [0.1, 0.15) is 17.3 Å². The molecule has 30 heavy (non-hydrogen) atoms. The van der Waals surface area contributed by atoms with Gasteiger partial charge >= 0.3 is 0 Å². The number of nitrogens with zero attached hydrogens (tertiary/aromatic N) is 1. The van der Waals surface area contributed by atoms with Gasteiger partial charge in [0, 0.05) is 12.1 Å². The van der Waals surface area contributed by atoms with Crippen LogP contribution in [0.1, 0.15) is 44.4 Å². The monoisotopic (exact) mass is 409 g/mol. The molecule has 0 radical (unpaired) electrons. The molecule has 158 valence electrons. The maximum Gasteiger partial charge on any atom is 0.295 e. The first kappa shape index (κ1) is 21.4. The Labute approximate surface area is 176 Å². The Morgan fingerprint density at radius 1 is 1.10 bits per heavy atom. The summed E-state index contributed by atoms with van der Waals surface area (Å²) in [7, 11) is 1.56. The summed E-state index contributed by atoms with van der Waals surface area (Å²) in [4.78, 5) is 27.1. The molecule has 1 aliphatic heterocycles. The highest BCUT2D eigenvalue weighted by Crippen LogP contribution is 2.40. The van der Waals surface area contributed by atoms with Crippen molar-refractivity contribution in [3.8, 4) is 11.5 Å². The lowest BCUT2D eigenvalue weighted by molar-refractivity contribution is -0.139. The lowest BCUT2D eigenvalue weighted by Gasteiger charge is -2.25. The van der Waals surface area contributed by atoms with E-state index >= 15 is 0 Å². The van der Waals surface area contributed by atoms with Crippen molar-refractivity contribution in [1.82, 2.24) is 4.90 Å². The van der Waals surface area contributed by atoms with Crippen LogP contribution in [-0.2, 0) is 9.59 Å². The highest BCUT2D eigenvalue weighted by atomic mass is 16.5. The van der Waals surface area contributed by atoms with Crippen molar-refractivity contribution >= 4 is 17.4 Å². The van der Waals surface area contributed by atoms with Gasteiger partial charge in [-0.1, -0.05) is 19.1 Å². The van der Waals surface area contributed by atoms with Crippen LogP contribution in [0, 0.1) is 0 Å². The molecule has 0 bridgehead atoms. The molecule has 0 aliphatic carbocycles. The lowest BCUT2D eigenvalue weighted by atomic mass is 9.95. The molecule has 0 aromatic heterocycles. The number of carbonyl (C=O) groups excluding carboxylic acids is 2. The number of likely N-dealkylation sites (tertiary alicyclic amines) is 1. The summed E-state index contributed by atoms with van der Waals surface area (Å²) in [6.07, 6.45) is 0.714. The third-order valence-electron chi connectivity index (χ3n) is 4.91. The van der Waals surface area contributed by atoms with E-state index in [2.05, 4.69) is 0 Å². The number of carbonyl (C=O) groups is 2. The number of aliphatic hydroxyl groups excluding tert-OH is 1. The van der Waals surface area contributed by atoms with E-state index in [0.29, 0.717) is 35.6 Å². The summed E-state index contributed by atoms with van der Waals surface area (Å²) >= 11 is 0. The average Bonchev–Trinajstić information content (AvgIpc) is 2.98. The van der Waals surface area contributed by atoms with E-state index in [1.165, 1.54) is 4.90 Å². The maximum atomic E-state index is 12.9. The minimum Gasteiger partial charge on any atom is -0.507 e. The SMILES string of the molecule is CCCN1C(=O)C(=O)/C(=C(\O)c2ccc(OC(C)C)cc2)C1c1cccc(OC)c1. The molecule has 2 aromatic carbocycles. The first-order chi connectivity index (χ1) is 14.4. The van der Waals surface area contributed by atoms with Gasteiger partial charge in [-0.05, 0) is 62.2 Å². The van der Waals surface area contributed by atoms with Crippen molar-refractivity contribution in [3.63, 3.8) is 0 Å². The van der Waals surface area contributed by atoms with Crippen molar-refractivity contribution in [2.45, 2.75) is 39.3 Å². The number of Topliss-reactive ketones (excluding diaryl/α,β-unsaturated/α-hetero) is 1. The second-order valence-corrected chi connectivity index (χ2v) is 7.46. The van der Waals surface area contributed by atoms with E-state index < -0.39 is 17.7 Å². The number of ether oxygens (including phenoxy) is 2. The molecule has 2 aromatic rings. The molecule has 1 aliphatic rings. The number of aliphatic hydroxyl groups is 1. The largest absolute Gasteiger partial charge is 0.507 e. The molecule has 1 N–H and O–H groups in total. The third-order valence-corrected chi connectivity index (χ3v) is 4.91. The third kappa shape index (κ3) is 4.17. The Hall–Kier alpha value is -3.28. The van der Waals surface area contributed by atoms with E-state index in [9.17, 15) is 14.7 Å². The van der Waals surface area contributed by atoms with Gasteiger partial charge in [0.15, 0.2) is 0 Å². The lowest BCUT2D eigenvalue weighted by Crippen LogP contribution is -2.30. The minimum absolute atomic E-state index is 0.0249. The number of benzene rings is 2. The van der Waals surface area contributed by atoms with Crippen molar-refractivity contribution < 1.29 is 24.2 Å². The van der Waals surface area contributed by atoms with Crippen molar-refractivity contribution in [3.05, 3.63) is 65.2 Å². The molecule has 6 nitrogen and oxygen atoms in total. The van der Waals surface area contributed by atoms with Crippen molar-refractivity contribution in [2.24, 2.45) is 0 Å². The predicted molar refractivity (Wildman–Crippen MR) is 115 cm³/mol. The molecule has 1 amide bonds. The fourth-order valence-corrected chi connectivity index (χ4v) is 3.63. The smallest absolute Gasteiger partial charge is 0.295 e. The summed E-state index contributed by atoms with van der Waals surface area (Å²) in [5.41, 5.74) is 1.25. The Bertz CT molecular complexity index is 962. The Kier molecular flexibility index (Phi) is 6.45. The number of hydrogen-bond acceptors (Lipinski definition) is 5. The number of methoxy groups -OCH3 is 1. The van der Waals surface area contributed by atoms with E-state index in [1.807, 2.05) is 26.8 Å². The summed E-state index contributed by atoms with van der Waals surface area (Å²) in [5.74, 6) is -0.208. The molecule has 3 rings (SSSR count). The molecule has 1 saturated heterocycles. The quantitative estimate of drug-likeness (QED) is 0.419. The highest BCUT2D eigenvalue weighted by Gasteiger charge is 2.45. The second-order valence-electron chi connectivity index (χ2n) is 7.46. The molecule has 1 fully saturated rings. The Morgan fingerprint density at radius 3 is 2.40 bits per heavy atom. The standard InChI is InChI=1S/C24H27NO5/c1-5-13-25-21(17-7-6-8-19(14-17)29-4)20(23(27)24(25)28)22(26)16-9-11-18(12-10-16)30-15(2)3/h6-12,14-15,21,26H,5,13H2,1-4H3/b22-20-. The summed E-state index contributed by atoms with van der Waals surface area (Å²) in [6, 6.07) is 13.4. The Morgan fingerprint density at radius 2 is 1.80 bits per heavy atom. The first-order valence-electron chi connectivity index (χ1n) is 10.1. The number of ketones is 1. The molecule has 1 unspecified atom stereocenters. The summed E-state index contributed by atoms with van der Waals surface area (Å²) in [5, 5.41) is 11.0. The molecule has 1 atom stereocenters. The second kappa shape index (κ2) is 9.03. The number of rotatable bonds is 7. The van der Waals surface area contributed by atoms with Gasteiger partial charge in [-0.2, -0.15) is 0 Å². The van der Waals surface area contributed by atoms with Gasteiger partial charge in [0.05, 0.1) is 24.8 Å². The summed E-state index contributed by atoms with van der Waals surface area (Å²) < 4.78 is 10.9. The van der Waals surface area contributed by atoms with Gasteiger partial charge in [0.2, 0.25) is 0 Å². The van der Waals surface area contributed by atoms with Crippen LogP contribution in [0.4, 0.5) is 0 Å². The number of amides is 1. The Balaban J connectivity index is 2.10. The van der Waals surface area contributed by atoms with Gasteiger partial charge in [-0.25, -0.2) is 0 Å². The van der Waals surface area contributed by atoms with Gasteiger partial charge in [-0.15, -0.1) is 0 Å². The zero-order valence-corrected chi connectivity index (χ0v) is 17.7.